The number of amides is 1. The minimum atomic E-state index is -0.0701. The molecule has 1 aromatic rings. The summed E-state index contributed by atoms with van der Waals surface area (Å²) in [6, 6.07) is 4.20. The fourth-order valence-electron chi connectivity index (χ4n) is 2.48. The Bertz CT molecular complexity index is 462. The maximum Gasteiger partial charge on any atom is 0.230 e. The summed E-state index contributed by atoms with van der Waals surface area (Å²) in [5, 5.41) is 0. The lowest BCUT2D eigenvalue weighted by molar-refractivity contribution is -0.137. The summed E-state index contributed by atoms with van der Waals surface area (Å²) in [6.45, 7) is 7.06. The first-order chi connectivity index (χ1) is 8.00. The molecule has 1 unspecified atom stereocenters. The summed E-state index contributed by atoms with van der Waals surface area (Å²) in [6.07, 6.45) is 0.0179. The number of hydrogen-bond acceptors (Lipinski definition) is 2. The molecule has 4 nitrogen and oxygen atoms in total. The normalized spacial score (nSPS) is 19.0. The van der Waals surface area contributed by atoms with E-state index in [1.54, 1.807) is 4.90 Å². The van der Waals surface area contributed by atoms with Crippen LogP contribution in [0.2, 0.25) is 0 Å². The minimum Gasteiger partial charge on any atom is -0.345 e. The van der Waals surface area contributed by atoms with E-state index in [1.165, 1.54) is 12.6 Å². The molecule has 4 heteroatoms. The molecule has 2 heterocycles. The van der Waals surface area contributed by atoms with E-state index in [-0.39, 0.29) is 24.2 Å². The molecule has 1 aromatic heterocycles. The van der Waals surface area contributed by atoms with Gasteiger partial charge in [-0.05, 0) is 32.9 Å². The van der Waals surface area contributed by atoms with Crippen LogP contribution in [0, 0.1) is 6.92 Å². The Balaban J connectivity index is 2.20. The van der Waals surface area contributed by atoms with Gasteiger partial charge >= 0.3 is 0 Å². The quantitative estimate of drug-likeness (QED) is 0.731. The number of carbonyl (C=O) groups excluding carboxylic acids is 2. The van der Waals surface area contributed by atoms with Crippen LogP contribution < -0.4 is 0 Å². The van der Waals surface area contributed by atoms with E-state index in [2.05, 4.69) is 23.6 Å². The van der Waals surface area contributed by atoms with Crippen LogP contribution in [0.15, 0.2) is 12.1 Å². The fraction of sp³-hybridized carbons (Fsp3) is 0.538. The molecule has 1 atom stereocenters. The predicted molar refractivity (Wildman–Crippen MR) is 64.6 cm³/mol. The molecule has 0 radical (unpaired) electrons. The van der Waals surface area contributed by atoms with Crippen LogP contribution in [0.25, 0.3) is 0 Å². The lowest BCUT2D eigenvalue weighted by Gasteiger charge is -2.35. The molecule has 0 aliphatic carbocycles. The molecule has 0 bridgehead atoms. The zero-order chi connectivity index (χ0) is 12.6. The lowest BCUT2D eigenvalue weighted by atomic mass is 10.1. The van der Waals surface area contributed by atoms with Crippen LogP contribution in [-0.2, 0) is 16.1 Å². The predicted octanol–water partition coefficient (Wildman–Crippen LogP) is 1.68. The topological polar surface area (TPSA) is 42.3 Å². The number of carbonyl (C=O) groups is 2. The molecule has 2 rings (SSSR count). The van der Waals surface area contributed by atoms with Crippen molar-refractivity contribution in [1.29, 1.82) is 0 Å². The van der Waals surface area contributed by atoms with Crippen LogP contribution in [0.1, 0.15) is 37.7 Å². The number of ketones is 1. The second kappa shape index (κ2) is 4.35. The van der Waals surface area contributed by atoms with Gasteiger partial charge in [0.2, 0.25) is 5.91 Å². The zero-order valence-electron chi connectivity index (χ0n) is 10.6. The first kappa shape index (κ1) is 11.9. The van der Waals surface area contributed by atoms with Crippen molar-refractivity contribution in [3.63, 3.8) is 0 Å². The van der Waals surface area contributed by atoms with Crippen LogP contribution in [0.4, 0.5) is 0 Å². The molecule has 92 valence electrons. The van der Waals surface area contributed by atoms with E-state index < -0.39 is 0 Å². The maximum atomic E-state index is 11.9. The molecule has 1 aliphatic rings. The Labute approximate surface area is 101 Å². The number of aromatic nitrogens is 1. The van der Waals surface area contributed by atoms with Crippen molar-refractivity contribution in [2.75, 3.05) is 6.54 Å². The van der Waals surface area contributed by atoms with Gasteiger partial charge in [-0.2, -0.15) is 0 Å². The first-order valence-corrected chi connectivity index (χ1v) is 5.95. The second-order valence-corrected chi connectivity index (χ2v) is 4.69. The highest BCUT2D eigenvalue weighted by Crippen LogP contribution is 2.27. The molecule has 0 saturated heterocycles. The van der Waals surface area contributed by atoms with Crippen LogP contribution >= 0.6 is 0 Å². The van der Waals surface area contributed by atoms with Crippen LogP contribution in [-0.4, -0.2) is 27.7 Å². The third-order valence-electron chi connectivity index (χ3n) is 3.41. The average molecular weight is 234 g/mol. The van der Waals surface area contributed by atoms with E-state index in [1.807, 2.05) is 6.92 Å². The Morgan fingerprint density at radius 2 is 2.06 bits per heavy atom. The number of hydrogen-bond donors (Lipinski definition) is 0. The van der Waals surface area contributed by atoms with Crippen molar-refractivity contribution < 1.29 is 9.59 Å². The Morgan fingerprint density at radius 1 is 1.35 bits per heavy atom. The summed E-state index contributed by atoms with van der Waals surface area (Å²) in [5.74, 6) is -0.130. The summed E-state index contributed by atoms with van der Waals surface area (Å²) >= 11 is 0. The van der Waals surface area contributed by atoms with E-state index in [0.29, 0.717) is 6.54 Å². The Hall–Kier alpha value is -1.58. The fourth-order valence-corrected chi connectivity index (χ4v) is 2.48. The molecule has 0 N–H and O–H groups in total. The second-order valence-electron chi connectivity index (χ2n) is 4.69. The number of rotatable bonds is 2. The van der Waals surface area contributed by atoms with E-state index in [9.17, 15) is 9.59 Å². The van der Waals surface area contributed by atoms with Gasteiger partial charge in [-0.3, -0.25) is 9.59 Å². The lowest BCUT2D eigenvalue weighted by Crippen LogP contribution is -2.41. The van der Waals surface area contributed by atoms with Crippen molar-refractivity contribution in [2.24, 2.45) is 0 Å². The molecule has 0 aromatic carbocycles. The minimum absolute atomic E-state index is 0.0179. The number of Topliss-reactive ketones (excluding diaryl/α,β-unsaturated/α-hetero) is 1. The van der Waals surface area contributed by atoms with Gasteiger partial charge in [0, 0.05) is 24.5 Å². The van der Waals surface area contributed by atoms with Gasteiger partial charge in [0.1, 0.15) is 5.78 Å². The third kappa shape index (κ3) is 2.12. The van der Waals surface area contributed by atoms with Gasteiger partial charge in [0.05, 0.1) is 12.5 Å². The third-order valence-corrected chi connectivity index (χ3v) is 3.41. The largest absolute Gasteiger partial charge is 0.345 e. The molecule has 17 heavy (non-hydrogen) atoms. The highest BCUT2D eigenvalue weighted by atomic mass is 16.2. The van der Waals surface area contributed by atoms with Crippen LogP contribution in [0.3, 0.4) is 0 Å². The SMILES string of the molecule is CC(=O)CC(=O)N1CCn2c(C)ccc2C1C. The summed E-state index contributed by atoms with van der Waals surface area (Å²) in [7, 11) is 0. The van der Waals surface area contributed by atoms with Gasteiger partial charge in [0.15, 0.2) is 0 Å². The highest BCUT2D eigenvalue weighted by Gasteiger charge is 2.28. The number of nitrogens with zero attached hydrogens (tertiary/aromatic N) is 2. The number of aryl methyl sites for hydroxylation is 1. The first-order valence-electron chi connectivity index (χ1n) is 5.95. The van der Waals surface area contributed by atoms with Gasteiger partial charge in [-0.15, -0.1) is 0 Å². The summed E-state index contributed by atoms with van der Waals surface area (Å²) < 4.78 is 2.24. The standard InChI is InChI=1S/C13H18N2O2/c1-9-4-5-12-11(3)15(7-6-14(9)12)13(17)8-10(2)16/h4-5,11H,6-8H2,1-3H3. The van der Waals surface area contributed by atoms with Gasteiger partial charge < -0.3 is 9.47 Å². The molecule has 0 fully saturated rings. The summed E-state index contributed by atoms with van der Waals surface area (Å²) in [5.41, 5.74) is 2.39. The van der Waals surface area contributed by atoms with Crippen molar-refractivity contribution in [1.82, 2.24) is 9.47 Å². The van der Waals surface area contributed by atoms with E-state index in [0.717, 1.165) is 12.2 Å². The van der Waals surface area contributed by atoms with Gasteiger partial charge in [-0.1, -0.05) is 0 Å². The van der Waals surface area contributed by atoms with Crippen molar-refractivity contribution in [2.45, 2.75) is 39.8 Å². The maximum absolute atomic E-state index is 11.9. The van der Waals surface area contributed by atoms with E-state index in [4.69, 9.17) is 0 Å². The average Bonchev–Trinajstić information content (AvgIpc) is 2.61. The zero-order valence-corrected chi connectivity index (χ0v) is 10.6. The van der Waals surface area contributed by atoms with Crippen molar-refractivity contribution in [3.05, 3.63) is 23.5 Å². The molecular formula is C13H18N2O2. The molecule has 0 spiro atoms. The van der Waals surface area contributed by atoms with Crippen molar-refractivity contribution >= 4 is 11.7 Å². The monoisotopic (exact) mass is 234 g/mol. The van der Waals surface area contributed by atoms with Gasteiger partial charge in [0.25, 0.3) is 0 Å². The highest BCUT2D eigenvalue weighted by molar-refractivity contribution is 5.96. The van der Waals surface area contributed by atoms with E-state index >= 15 is 0 Å². The Kier molecular flexibility index (Phi) is 3.05. The van der Waals surface area contributed by atoms with Crippen molar-refractivity contribution in [3.8, 4) is 0 Å². The molecule has 1 aliphatic heterocycles. The Morgan fingerprint density at radius 3 is 2.71 bits per heavy atom. The molecule has 1 amide bonds. The molecular weight excluding hydrogens is 216 g/mol. The molecule has 0 saturated carbocycles. The van der Waals surface area contributed by atoms with Gasteiger partial charge in [-0.25, -0.2) is 0 Å². The smallest absolute Gasteiger partial charge is 0.230 e. The summed E-state index contributed by atoms with van der Waals surface area (Å²) in [4.78, 5) is 24.7. The number of fused-ring (bicyclic) bond motifs is 1. The van der Waals surface area contributed by atoms with Crippen LogP contribution in [0.5, 0.6) is 0 Å².